The summed E-state index contributed by atoms with van der Waals surface area (Å²) in [6.45, 7) is 4.95. The molecule has 0 heterocycles. The first-order valence-corrected chi connectivity index (χ1v) is 1.92. The third kappa shape index (κ3) is 3.36. The molecule has 0 bridgehead atoms. The third-order valence-corrected chi connectivity index (χ3v) is 0.534. The molecule has 3 nitrogen and oxygen atoms in total. The molecule has 0 aromatic heterocycles. The minimum absolute atomic E-state index is 0. The molecule has 0 unspecified atom stereocenters. The van der Waals surface area contributed by atoms with Gasteiger partial charge >= 0.3 is 5.97 Å². The van der Waals surface area contributed by atoms with E-state index in [1.165, 1.54) is 7.11 Å². The van der Waals surface area contributed by atoms with Crippen molar-refractivity contribution in [3.05, 3.63) is 12.2 Å². The summed E-state index contributed by atoms with van der Waals surface area (Å²) in [5, 5.41) is 0. The number of esters is 1. The molecule has 0 atom stereocenters. The zero-order chi connectivity index (χ0) is 5.86. The van der Waals surface area contributed by atoms with Gasteiger partial charge in [-0.2, -0.15) is 0 Å². The van der Waals surface area contributed by atoms with Crippen LogP contribution in [-0.4, -0.2) is 13.1 Å². The predicted molar refractivity (Wildman–Crippen MR) is 31.9 cm³/mol. The molecule has 0 saturated carbocycles. The van der Waals surface area contributed by atoms with E-state index in [2.05, 4.69) is 11.3 Å². The smallest absolute Gasteiger partial charge is 0.332 e. The van der Waals surface area contributed by atoms with Gasteiger partial charge in [0.1, 0.15) is 0 Å². The molecule has 0 spiro atoms. The van der Waals surface area contributed by atoms with Gasteiger partial charge in [-0.1, -0.05) is 6.58 Å². The van der Waals surface area contributed by atoms with Crippen molar-refractivity contribution in [2.75, 3.05) is 7.11 Å². The Labute approximate surface area is 48.9 Å². The standard InChI is InChI=1S/C5H8O2.H3N/c1-4(2)5(6)7-3;/h1H2,2-3H3;1H3. The SMILES string of the molecule is C=C(C)C(=O)OC.N. The van der Waals surface area contributed by atoms with Crippen molar-refractivity contribution in [3.63, 3.8) is 0 Å². The topological polar surface area (TPSA) is 61.3 Å². The van der Waals surface area contributed by atoms with Crippen LogP contribution in [0.2, 0.25) is 0 Å². The van der Waals surface area contributed by atoms with Crippen LogP contribution in [0.5, 0.6) is 0 Å². The molecule has 3 heteroatoms. The average Bonchev–Trinajstić information content (AvgIpc) is 1.65. The molecule has 0 saturated heterocycles. The van der Waals surface area contributed by atoms with E-state index in [9.17, 15) is 4.79 Å². The number of ether oxygens (including phenoxy) is 1. The zero-order valence-corrected chi connectivity index (χ0v) is 5.23. The van der Waals surface area contributed by atoms with Crippen molar-refractivity contribution in [3.8, 4) is 0 Å². The van der Waals surface area contributed by atoms with Gasteiger partial charge in [0.05, 0.1) is 7.11 Å². The van der Waals surface area contributed by atoms with Crippen molar-refractivity contribution in [2.24, 2.45) is 0 Å². The second kappa shape index (κ2) is 4.33. The summed E-state index contributed by atoms with van der Waals surface area (Å²) in [5.41, 5.74) is 0.433. The molecule has 0 aromatic rings. The number of carbonyl (C=O) groups excluding carboxylic acids is 1. The lowest BCUT2D eigenvalue weighted by Crippen LogP contribution is -1.98. The van der Waals surface area contributed by atoms with Gasteiger partial charge in [0.2, 0.25) is 0 Å². The Morgan fingerprint density at radius 1 is 1.62 bits per heavy atom. The number of carbonyl (C=O) groups is 1. The molecule has 8 heavy (non-hydrogen) atoms. The number of hydrogen-bond acceptors (Lipinski definition) is 3. The maximum atomic E-state index is 10.2. The van der Waals surface area contributed by atoms with Crippen LogP contribution in [0.3, 0.4) is 0 Å². The Hall–Kier alpha value is -0.830. The Bertz CT molecular complexity index is 98.6. The lowest BCUT2D eigenvalue weighted by molar-refractivity contribution is -0.136. The van der Waals surface area contributed by atoms with Gasteiger partial charge < -0.3 is 10.9 Å². The van der Waals surface area contributed by atoms with E-state index < -0.39 is 0 Å². The van der Waals surface area contributed by atoms with Gasteiger partial charge in [0.25, 0.3) is 0 Å². The molecule has 0 aromatic carbocycles. The number of rotatable bonds is 1. The summed E-state index contributed by atoms with van der Waals surface area (Å²) in [4.78, 5) is 10.2. The fraction of sp³-hybridized carbons (Fsp3) is 0.400. The highest BCUT2D eigenvalue weighted by Crippen LogP contribution is 1.87. The highest BCUT2D eigenvalue weighted by molar-refractivity contribution is 5.86. The van der Waals surface area contributed by atoms with Crippen molar-refractivity contribution < 1.29 is 9.53 Å². The summed E-state index contributed by atoms with van der Waals surface area (Å²) in [7, 11) is 1.33. The lowest BCUT2D eigenvalue weighted by atomic mass is 10.4. The molecular weight excluding hydrogens is 106 g/mol. The first-order valence-electron chi connectivity index (χ1n) is 1.92. The van der Waals surface area contributed by atoms with Crippen molar-refractivity contribution >= 4 is 5.97 Å². The molecule has 3 N–H and O–H groups in total. The minimum atomic E-state index is -0.347. The third-order valence-electron chi connectivity index (χ3n) is 0.534. The summed E-state index contributed by atoms with van der Waals surface area (Å²) in [5.74, 6) is -0.347. The van der Waals surface area contributed by atoms with E-state index in [0.29, 0.717) is 5.57 Å². The largest absolute Gasteiger partial charge is 0.466 e. The first-order chi connectivity index (χ1) is 3.18. The number of hydrogen-bond donors (Lipinski definition) is 1. The normalized spacial score (nSPS) is 6.75. The van der Waals surface area contributed by atoms with E-state index in [-0.39, 0.29) is 12.1 Å². The van der Waals surface area contributed by atoms with Crippen molar-refractivity contribution in [2.45, 2.75) is 6.92 Å². The molecule has 0 aliphatic rings. The Morgan fingerprint density at radius 3 is 2.00 bits per heavy atom. The van der Waals surface area contributed by atoms with Gasteiger partial charge in [0.15, 0.2) is 0 Å². The van der Waals surface area contributed by atoms with Crippen LogP contribution in [0, 0.1) is 0 Å². The Balaban J connectivity index is 0. The Kier molecular flexibility index (Phi) is 5.53. The fourth-order valence-electron chi connectivity index (χ4n) is 0.174. The molecule has 0 aliphatic carbocycles. The first kappa shape index (κ1) is 10.2. The molecule has 0 radical (unpaired) electrons. The summed E-state index contributed by atoms with van der Waals surface area (Å²) < 4.78 is 4.27. The van der Waals surface area contributed by atoms with Crippen molar-refractivity contribution in [1.29, 1.82) is 0 Å². The van der Waals surface area contributed by atoms with E-state index >= 15 is 0 Å². The maximum absolute atomic E-state index is 10.2. The van der Waals surface area contributed by atoms with Crippen LogP contribution in [0.15, 0.2) is 12.2 Å². The van der Waals surface area contributed by atoms with Gasteiger partial charge in [-0.25, -0.2) is 4.79 Å². The van der Waals surface area contributed by atoms with E-state index in [1.54, 1.807) is 6.92 Å². The molecular formula is C5H11NO2. The van der Waals surface area contributed by atoms with E-state index in [1.807, 2.05) is 0 Å². The Morgan fingerprint density at radius 2 is 2.00 bits per heavy atom. The molecule has 0 amide bonds. The van der Waals surface area contributed by atoms with Gasteiger partial charge in [-0.3, -0.25) is 0 Å². The highest BCUT2D eigenvalue weighted by atomic mass is 16.5. The minimum Gasteiger partial charge on any atom is -0.466 e. The van der Waals surface area contributed by atoms with Gasteiger partial charge in [0, 0.05) is 5.57 Å². The predicted octanol–water partition coefficient (Wildman–Crippen LogP) is 0.897. The van der Waals surface area contributed by atoms with Crippen LogP contribution in [0.1, 0.15) is 6.92 Å². The highest BCUT2D eigenvalue weighted by Gasteiger charge is 1.95. The lowest BCUT2D eigenvalue weighted by Gasteiger charge is -1.91. The quantitative estimate of drug-likeness (QED) is 0.410. The summed E-state index contributed by atoms with van der Waals surface area (Å²) in [6, 6.07) is 0. The molecule has 0 fully saturated rings. The van der Waals surface area contributed by atoms with Gasteiger partial charge in [-0.05, 0) is 6.92 Å². The van der Waals surface area contributed by atoms with Crippen LogP contribution in [-0.2, 0) is 9.53 Å². The number of methoxy groups -OCH3 is 1. The van der Waals surface area contributed by atoms with Crippen LogP contribution in [0.25, 0.3) is 0 Å². The fourth-order valence-corrected chi connectivity index (χ4v) is 0.174. The second-order valence-electron chi connectivity index (χ2n) is 1.27. The zero-order valence-electron chi connectivity index (χ0n) is 5.23. The monoisotopic (exact) mass is 117 g/mol. The maximum Gasteiger partial charge on any atom is 0.332 e. The average molecular weight is 117 g/mol. The molecule has 48 valence electrons. The summed E-state index contributed by atoms with van der Waals surface area (Å²) in [6.07, 6.45) is 0. The molecule has 0 aliphatic heterocycles. The van der Waals surface area contributed by atoms with Gasteiger partial charge in [-0.15, -0.1) is 0 Å². The summed E-state index contributed by atoms with van der Waals surface area (Å²) >= 11 is 0. The molecule has 0 rings (SSSR count). The van der Waals surface area contributed by atoms with E-state index in [0.717, 1.165) is 0 Å². The van der Waals surface area contributed by atoms with Crippen LogP contribution >= 0.6 is 0 Å². The van der Waals surface area contributed by atoms with Crippen molar-refractivity contribution in [1.82, 2.24) is 6.15 Å². The second-order valence-corrected chi connectivity index (χ2v) is 1.27. The van der Waals surface area contributed by atoms with Crippen LogP contribution < -0.4 is 6.15 Å². The van der Waals surface area contributed by atoms with E-state index in [4.69, 9.17) is 0 Å². The van der Waals surface area contributed by atoms with Crippen LogP contribution in [0.4, 0.5) is 0 Å².